The second-order valence-electron chi connectivity index (χ2n) is 7.60. The zero-order valence-electron chi connectivity index (χ0n) is 16.9. The van der Waals surface area contributed by atoms with Crippen LogP contribution >= 0.6 is 11.6 Å². The van der Waals surface area contributed by atoms with Crippen molar-refractivity contribution in [3.63, 3.8) is 0 Å². The molecular formula is C22H23ClN2O5. The maximum Gasteiger partial charge on any atom is 0.326 e. The minimum Gasteiger partial charge on any atom is -0.495 e. The first-order valence-corrected chi connectivity index (χ1v) is 10.0. The highest BCUT2D eigenvalue weighted by molar-refractivity contribution is 6.31. The number of nitriles is 1. The molecule has 0 aliphatic heterocycles. The quantitative estimate of drug-likeness (QED) is 0.678. The molecule has 30 heavy (non-hydrogen) atoms. The summed E-state index contributed by atoms with van der Waals surface area (Å²) in [5.41, 5.74) is 0.429. The Morgan fingerprint density at radius 2 is 2.10 bits per heavy atom. The molecule has 1 atom stereocenters. The minimum atomic E-state index is -1.13. The maximum atomic E-state index is 12.8. The molecule has 1 aromatic carbocycles. The van der Waals surface area contributed by atoms with Crippen molar-refractivity contribution in [2.24, 2.45) is 0 Å². The van der Waals surface area contributed by atoms with E-state index in [2.05, 4.69) is 6.07 Å². The first kappa shape index (κ1) is 21.9. The number of halogens is 1. The number of aliphatic carboxylic acids is 1. The van der Waals surface area contributed by atoms with Crippen molar-refractivity contribution in [2.45, 2.75) is 44.2 Å². The number of methoxy groups -OCH3 is 1. The molecular weight excluding hydrogens is 408 g/mol. The summed E-state index contributed by atoms with van der Waals surface area (Å²) in [7, 11) is 1.42. The maximum absolute atomic E-state index is 12.8. The van der Waals surface area contributed by atoms with Gasteiger partial charge in [-0.05, 0) is 44.4 Å². The van der Waals surface area contributed by atoms with Gasteiger partial charge in [0, 0.05) is 35.2 Å². The van der Waals surface area contributed by atoms with Crippen molar-refractivity contribution < 1.29 is 19.4 Å². The molecule has 0 saturated heterocycles. The van der Waals surface area contributed by atoms with Gasteiger partial charge in [0.2, 0.25) is 0 Å². The third-order valence-electron chi connectivity index (χ3n) is 5.53. The van der Waals surface area contributed by atoms with Gasteiger partial charge < -0.3 is 14.6 Å². The smallest absolute Gasteiger partial charge is 0.326 e. The van der Waals surface area contributed by atoms with Crippen molar-refractivity contribution in [3.05, 3.63) is 51.4 Å². The summed E-state index contributed by atoms with van der Waals surface area (Å²) >= 11 is 6.07. The Kier molecular flexibility index (Phi) is 6.49. The third-order valence-corrected chi connectivity index (χ3v) is 5.77. The molecule has 2 aromatic rings. The summed E-state index contributed by atoms with van der Waals surface area (Å²) in [6.07, 6.45) is 4.52. The van der Waals surface area contributed by atoms with Gasteiger partial charge >= 0.3 is 5.97 Å². The lowest BCUT2D eigenvalue weighted by atomic mass is 9.82. The normalized spacial score (nSPS) is 15.7. The molecule has 1 aliphatic rings. The average molecular weight is 431 g/mol. The van der Waals surface area contributed by atoms with Gasteiger partial charge in [-0.2, -0.15) is 5.26 Å². The van der Waals surface area contributed by atoms with E-state index in [1.165, 1.54) is 19.4 Å². The Balaban J connectivity index is 1.96. The van der Waals surface area contributed by atoms with Crippen molar-refractivity contribution in [3.8, 4) is 22.9 Å². The predicted octanol–water partition coefficient (Wildman–Crippen LogP) is 4.02. The molecule has 0 amide bonds. The number of pyridine rings is 1. The molecule has 1 unspecified atom stereocenters. The van der Waals surface area contributed by atoms with E-state index in [1.807, 2.05) is 6.92 Å². The molecule has 1 aliphatic carbocycles. The SMILES string of the molecule is COc1cn(C(CCOC2(C)CCC2)C(=O)O)c(=O)cc1-c1cc(Cl)ccc1C#N. The van der Waals surface area contributed by atoms with Crippen molar-refractivity contribution >= 4 is 17.6 Å². The van der Waals surface area contributed by atoms with E-state index in [-0.39, 0.29) is 24.4 Å². The molecule has 7 nitrogen and oxygen atoms in total. The Morgan fingerprint density at radius 1 is 1.37 bits per heavy atom. The Morgan fingerprint density at radius 3 is 2.67 bits per heavy atom. The van der Waals surface area contributed by atoms with E-state index in [9.17, 15) is 20.0 Å². The van der Waals surface area contributed by atoms with E-state index >= 15 is 0 Å². The second-order valence-corrected chi connectivity index (χ2v) is 8.03. The van der Waals surface area contributed by atoms with Crippen LogP contribution in [0.3, 0.4) is 0 Å². The molecule has 0 bridgehead atoms. The topological polar surface area (TPSA) is 102 Å². The third kappa shape index (κ3) is 4.50. The van der Waals surface area contributed by atoms with Crippen LogP contribution in [-0.4, -0.2) is 35.0 Å². The van der Waals surface area contributed by atoms with Gasteiger partial charge in [-0.1, -0.05) is 11.6 Å². The number of carbonyl (C=O) groups is 1. The van der Waals surface area contributed by atoms with Gasteiger partial charge in [-0.3, -0.25) is 9.36 Å². The van der Waals surface area contributed by atoms with Crippen LogP contribution in [-0.2, 0) is 9.53 Å². The van der Waals surface area contributed by atoms with E-state index in [1.54, 1.807) is 18.2 Å². The summed E-state index contributed by atoms with van der Waals surface area (Å²) in [6.45, 7) is 2.24. The summed E-state index contributed by atoms with van der Waals surface area (Å²) in [5, 5.41) is 19.5. The molecule has 158 valence electrons. The van der Waals surface area contributed by atoms with Gasteiger partial charge in [-0.15, -0.1) is 0 Å². The summed E-state index contributed by atoms with van der Waals surface area (Å²) in [5.74, 6) is -0.860. The van der Waals surface area contributed by atoms with Crippen molar-refractivity contribution in [2.75, 3.05) is 13.7 Å². The predicted molar refractivity (Wildman–Crippen MR) is 112 cm³/mol. The fourth-order valence-corrected chi connectivity index (χ4v) is 3.77. The van der Waals surface area contributed by atoms with Gasteiger partial charge in [0.15, 0.2) is 0 Å². The van der Waals surface area contributed by atoms with Crippen LogP contribution in [0.4, 0.5) is 0 Å². The fraction of sp³-hybridized carbons (Fsp3) is 0.409. The highest BCUT2D eigenvalue weighted by Crippen LogP contribution is 2.36. The van der Waals surface area contributed by atoms with Gasteiger partial charge in [-0.25, -0.2) is 4.79 Å². The highest BCUT2D eigenvalue weighted by atomic mass is 35.5. The zero-order chi connectivity index (χ0) is 21.9. The van der Waals surface area contributed by atoms with E-state index in [0.29, 0.717) is 21.7 Å². The molecule has 1 N–H and O–H groups in total. The molecule has 8 heteroatoms. The second kappa shape index (κ2) is 8.90. The minimum absolute atomic E-state index is 0.147. The Bertz CT molecular complexity index is 1050. The number of carboxylic acid groups (broad SMARTS) is 1. The van der Waals surface area contributed by atoms with Gasteiger partial charge in [0.1, 0.15) is 11.8 Å². The average Bonchev–Trinajstić information content (AvgIpc) is 2.69. The number of rotatable bonds is 8. The van der Waals surface area contributed by atoms with E-state index < -0.39 is 17.6 Å². The van der Waals surface area contributed by atoms with Crippen molar-refractivity contribution in [1.82, 2.24) is 4.57 Å². The van der Waals surface area contributed by atoms with Gasteiger partial charge in [0.05, 0.1) is 30.5 Å². The highest BCUT2D eigenvalue weighted by Gasteiger charge is 2.33. The first-order chi connectivity index (χ1) is 14.3. The number of hydrogen-bond acceptors (Lipinski definition) is 5. The largest absolute Gasteiger partial charge is 0.495 e. The molecule has 1 saturated carbocycles. The lowest BCUT2D eigenvalue weighted by Gasteiger charge is -2.38. The lowest BCUT2D eigenvalue weighted by Crippen LogP contribution is -2.38. The number of carboxylic acids is 1. The fourth-order valence-electron chi connectivity index (χ4n) is 3.60. The summed E-state index contributed by atoms with van der Waals surface area (Å²) in [4.78, 5) is 24.7. The van der Waals surface area contributed by atoms with Crippen LogP contribution in [0, 0.1) is 11.3 Å². The Hall–Kier alpha value is -2.82. The lowest BCUT2D eigenvalue weighted by molar-refractivity contribution is -0.143. The summed E-state index contributed by atoms with van der Waals surface area (Å²) < 4.78 is 12.4. The van der Waals surface area contributed by atoms with Crippen LogP contribution in [0.2, 0.25) is 5.02 Å². The standard InChI is InChI=1S/C22H23ClN2O5/c1-22(7-3-8-22)30-9-6-18(21(27)28)25-13-19(29-2)17(11-20(25)26)16-10-15(23)5-4-14(16)12-24/h4-5,10-11,13,18H,3,6-9H2,1-2H3,(H,27,28). The monoisotopic (exact) mass is 430 g/mol. The van der Waals surface area contributed by atoms with Crippen molar-refractivity contribution in [1.29, 1.82) is 5.26 Å². The number of aromatic nitrogens is 1. The number of ether oxygens (including phenoxy) is 2. The van der Waals surface area contributed by atoms with Crippen LogP contribution < -0.4 is 10.3 Å². The van der Waals surface area contributed by atoms with E-state index in [4.69, 9.17) is 21.1 Å². The van der Waals surface area contributed by atoms with E-state index in [0.717, 1.165) is 23.8 Å². The molecule has 0 spiro atoms. The van der Waals surface area contributed by atoms with Crippen LogP contribution in [0.15, 0.2) is 35.3 Å². The van der Waals surface area contributed by atoms with Crippen LogP contribution in [0.1, 0.15) is 44.2 Å². The van der Waals surface area contributed by atoms with Crippen LogP contribution in [0.25, 0.3) is 11.1 Å². The molecule has 0 radical (unpaired) electrons. The number of hydrogen-bond donors (Lipinski definition) is 1. The zero-order valence-corrected chi connectivity index (χ0v) is 17.6. The van der Waals surface area contributed by atoms with Crippen LogP contribution in [0.5, 0.6) is 5.75 Å². The number of benzene rings is 1. The molecule has 3 rings (SSSR count). The molecule has 1 fully saturated rings. The molecule has 1 aromatic heterocycles. The summed E-state index contributed by atoms with van der Waals surface area (Å²) in [6, 6.07) is 6.96. The Labute approximate surface area is 179 Å². The van der Waals surface area contributed by atoms with Gasteiger partial charge in [0.25, 0.3) is 5.56 Å². The molecule has 1 heterocycles. The number of nitrogens with zero attached hydrogens (tertiary/aromatic N) is 2. The first-order valence-electron chi connectivity index (χ1n) is 9.65.